The Morgan fingerprint density at radius 3 is 2.96 bits per heavy atom. The van der Waals surface area contributed by atoms with Gasteiger partial charge in [-0.3, -0.25) is 4.79 Å². The molecule has 0 saturated heterocycles. The Morgan fingerprint density at radius 2 is 2.22 bits per heavy atom. The maximum absolute atomic E-state index is 12.2. The number of aromatic amines is 1. The van der Waals surface area contributed by atoms with Crippen molar-refractivity contribution in [3.8, 4) is 11.4 Å². The lowest BCUT2D eigenvalue weighted by Crippen LogP contribution is -2.12. The van der Waals surface area contributed by atoms with Crippen LogP contribution in [-0.2, 0) is 0 Å². The molecule has 2 heterocycles. The number of hydrogen-bond donors (Lipinski definition) is 2. The fourth-order valence-corrected chi connectivity index (χ4v) is 2.73. The Kier molecular flexibility index (Phi) is 3.45. The molecule has 2 N–H and O–H groups in total. The summed E-state index contributed by atoms with van der Waals surface area (Å²) in [5.41, 5.74) is 2.07. The van der Waals surface area contributed by atoms with Gasteiger partial charge in [0.05, 0.1) is 6.04 Å². The highest BCUT2D eigenvalue weighted by molar-refractivity contribution is 9.10. The van der Waals surface area contributed by atoms with E-state index in [1.165, 1.54) is 0 Å². The first-order chi connectivity index (χ1) is 11.2. The number of H-pyrrole nitrogens is 1. The summed E-state index contributed by atoms with van der Waals surface area (Å²) in [6.07, 6.45) is 3.93. The van der Waals surface area contributed by atoms with Crippen LogP contribution in [0.25, 0.3) is 11.4 Å². The summed E-state index contributed by atoms with van der Waals surface area (Å²) < 4.78 is 2.68. The largest absolute Gasteiger partial charge is 0.356 e. The van der Waals surface area contributed by atoms with Gasteiger partial charge in [0.25, 0.3) is 5.91 Å². The molecule has 0 bridgehead atoms. The van der Waals surface area contributed by atoms with Crippen LogP contribution in [0.15, 0.2) is 41.0 Å². The van der Waals surface area contributed by atoms with Crippen molar-refractivity contribution in [2.75, 3.05) is 5.32 Å². The van der Waals surface area contributed by atoms with E-state index in [0.717, 1.165) is 28.7 Å². The zero-order valence-corrected chi connectivity index (χ0v) is 13.6. The minimum absolute atomic E-state index is 0.199. The molecule has 4 rings (SSSR count). The average molecular weight is 373 g/mol. The normalized spacial score (nSPS) is 14.0. The highest BCUT2D eigenvalue weighted by atomic mass is 79.9. The van der Waals surface area contributed by atoms with E-state index < -0.39 is 0 Å². The van der Waals surface area contributed by atoms with Crippen LogP contribution in [0.1, 0.15) is 29.4 Å². The fourth-order valence-electron chi connectivity index (χ4n) is 2.38. The standard InChI is InChI=1S/C15H13BrN6O/c16-10-7-13(17-8-10)15(23)18-11-3-1-2-9(6-11)14-19-20-21-22(14)12-4-5-12/h1-3,6-8,12,17H,4-5H2,(H,18,23). The van der Waals surface area contributed by atoms with Gasteiger partial charge in [0.1, 0.15) is 5.69 Å². The minimum Gasteiger partial charge on any atom is -0.356 e. The summed E-state index contributed by atoms with van der Waals surface area (Å²) in [4.78, 5) is 15.1. The molecule has 1 aliphatic rings. The summed E-state index contributed by atoms with van der Waals surface area (Å²) in [5, 5.41) is 14.8. The fraction of sp³-hybridized carbons (Fsp3) is 0.200. The Labute approximate surface area is 140 Å². The Morgan fingerprint density at radius 1 is 1.35 bits per heavy atom. The first-order valence-corrected chi connectivity index (χ1v) is 8.03. The molecule has 0 spiro atoms. The summed E-state index contributed by atoms with van der Waals surface area (Å²) >= 11 is 3.31. The molecule has 0 unspecified atom stereocenters. The molecule has 2 aromatic heterocycles. The molecule has 0 atom stereocenters. The van der Waals surface area contributed by atoms with E-state index in [1.807, 2.05) is 28.9 Å². The molecule has 116 valence electrons. The van der Waals surface area contributed by atoms with E-state index >= 15 is 0 Å². The van der Waals surface area contributed by atoms with Crippen molar-refractivity contribution >= 4 is 27.5 Å². The molecule has 1 aromatic carbocycles. The molecule has 1 amide bonds. The third-order valence-corrected chi connectivity index (χ3v) is 4.11. The van der Waals surface area contributed by atoms with Crippen LogP contribution in [0.2, 0.25) is 0 Å². The maximum Gasteiger partial charge on any atom is 0.272 e. The van der Waals surface area contributed by atoms with Gasteiger partial charge in [-0.05, 0) is 57.4 Å². The molecule has 8 heteroatoms. The quantitative estimate of drug-likeness (QED) is 0.736. The highest BCUT2D eigenvalue weighted by Gasteiger charge is 2.28. The Bertz CT molecular complexity index is 866. The van der Waals surface area contributed by atoms with E-state index in [-0.39, 0.29) is 5.91 Å². The van der Waals surface area contributed by atoms with Crippen LogP contribution < -0.4 is 5.32 Å². The van der Waals surface area contributed by atoms with Gasteiger partial charge < -0.3 is 10.3 Å². The van der Waals surface area contributed by atoms with Crippen molar-refractivity contribution in [2.45, 2.75) is 18.9 Å². The predicted octanol–water partition coefficient (Wildman–Crippen LogP) is 3.02. The second-order valence-electron chi connectivity index (χ2n) is 5.44. The van der Waals surface area contributed by atoms with Crippen molar-refractivity contribution < 1.29 is 4.79 Å². The molecule has 0 aliphatic heterocycles. The molecule has 23 heavy (non-hydrogen) atoms. The number of nitrogens with zero attached hydrogens (tertiary/aromatic N) is 4. The van der Waals surface area contributed by atoms with Crippen molar-refractivity contribution in [1.29, 1.82) is 0 Å². The summed E-state index contributed by atoms with van der Waals surface area (Å²) in [5.74, 6) is 0.529. The molecule has 3 aromatic rings. The van der Waals surface area contributed by atoms with Crippen LogP contribution in [-0.4, -0.2) is 31.1 Å². The highest BCUT2D eigenvalue weighted by Crippen LogP contribution is 2.36. The van der Waals surface area contributed by atoms with Crippen molar-refractivity contribution in [3.63, 3.8) is 0 Å². The van der Waals surface area contributed by atoms with Crippen LogP contribution in [0.4, 0.5) is 5.69 Å². The minimum atomic E-state index is -0.199. The zero-order chi connectivity index (χ0) is 15.8. The van der Waals surface area contributed by atoms with E-state index in [1.54, 1.807) is 12.3 Å². The second-order valence-corrected chi connectivity index (χ2v) is 6.36. The van der Waals surface area contributed by atoms with Gasteiger partial charge in [0, 0.05) is 21.9 Å². The monoisotopic (exact) mass is 372 g/mol. The van der Waals surface area contributed by atoms with Gasteiger partial charge in [-0.15, -0.1) is 5.10 Å². The third-order valence-electron chi connectivity index (χ3n) is 3.66. The molecule has 1 fully saturated rings. The number of tetrazole rings is 1. The molecular formula is C15H13BrN6O. The Balaban J connectivity index is 1.59. The van der Waals surface area contributed by atoms with Crippen molar-refractivity contribution in [1.82, 2.24) is 25.2 Å². The van der Waals surface area contributed by atoms with Crippen LogP contribution in [0.3, 0.4) is 0 Å². The molecule has 1 aliphatic carbocycles. The number of amides is 1. The smallest absolute Gasteiger partial charge is 0.272 e. The number of benzene rings is 1. The number of carbonyl (C=O) groups is 1. The lowest BCUT2D eigenvalue weighted by atomic mass is 10.2. The third kappa shape index (κ3) is 2.89. The lowest BCUT2D eigenvalue weighted by Gasteiger charge is -2.07. The van der Waals surface area contributed by atoms with Gasteiger partial charge in [-0.2, -0.15) is 0 Å². The lowest BCUT2D eigenvalue weighted by molar-refractivity contribution is 0.102. The van der Waals surface area contributed by atoms with E-state index in [4.69, 9.17) is 0 Å². The van der Waals surface area contributed by atoms with Gasteiger partial charge in [0.2, 0.25) is 0 Å². The Hall–Kier alpha value is -2.48. The summed E-state index contributed by atoms with van der Waals surface area (Å²) in [7, 11) is 0. The number of anilines is 1. The predicted molar refractivity (Wildman–Crippen MR) is 88.0 cm³/mol. The molecule has 1 saturated carbocycles. The van der Waals surface area contributed by atoms with Gasteiger partial charge in [-0.1, -0.05) is 12.1 Å². The van der Waals surface area contributed by atoms with Crippen LogP contribution >= 0.6 is 15.9 Å². The van der Waals surface area contributed by atoms with Crippen LogP contribution in [0, 0.1) is 0 Å². The summed E-state index contributed by atoms with van der Waals surface area (Å²) in [6.45, 7) is 0. The zero-order valence-electron chi connectivity index (χ0n) is 12.0. The maximum atomic E-state index is 12.2. The van der Waals surface area contributed by atoms with Gasteiger partial charge >= 0.3 is 0 Å². The molecule has 0 radical (unpaired) electrons. The van der Waals surface area contributed by atoms with Crippen LogP contribution in [0.5, 0.6) is 0 Å². The first-order valence-electron chi connectivity index (χ1n) is 7.24. The molecular weight excluding hydrogens is 360 g/mol. The van der Waals surface area contributed by atoms with E-state index in [9.17, 15) is 4.79 Å². The molecule has 7 nitrogen and oxygen atoms in total. The number of carbonyl (C=O) groups excluding carboxylic acids is 1. The van der Waals surface area contributed by atoms with E-state index in [0.29, 0.717) is 17.4 Å². The van der Waals surface area contributed by atoms with Gasteiger partial charge in [0.15, 0.2) is 5.82 Å². The number of hydrogen-bond acceptors (Lipinski definition) is 4. The average Bonchev–Trinajstić information content (AvgIpc) is 3.10. The number of nitrogens with one attached hydrogen (secondary N) is 2. The first kappa shape index (κ1) is 14.1. The van der Waals surface area contributed by atoms with Crippen molar-refractivity contribution in [2.24, 2.45) is 0 Å². The SMILES string of the molecule is O=C(Nc1cccc(-c2nnnn2C2CC2)c1)c1cc(Br)c[nH]1. The number of rotatable bonds is 4. The van der Waals surface area contributed by atoms with Gasteiger partial charge in [-0.25, -0.2) is 4.68 Å². The topological polar surface area (TPSA) is 88.5 Å². The summed E-state index contributed by atoms with van der Waals surface area (Å²) in [6, 6.07) is 9.65. The number of halogens is 1. The second kappa shape index (κ2) is 5.62. The van der Waals surface area contributed by atoms with Crippen molar-refractivity contribution in [3.05, 3.63) is 46.7 Å². The van der Waals surface area contributed by atoms with E-state index in [2.05, 4.69) is 41.8 Å². The number of aromatic nitrogens is 5.